The van der Waals surface area contributed by atoms with E-state index in [4.69, 9.17) is 10.5 Å². The molecule has 0 radical (unpaired) electrons. The third-order valence-electron chi connectivity index (χ3n) is 4.28. The third kappa shape index (κ3) is 3.41. The fourth-order valence-corrected chi connectivity index (χ4v) is 3.13. The predicted octanol–water partition coefficient (Wildman–Crippen LogP) is 2.91. The van der Waals surface area contributed by atoms with Crippen LogP contribution < -0.4 is 11.1 Å². The number of alkyl carbamates (subject to hydrolysis) is 1. The van der Waals surface area contributed by atoms with Gasteiger partial charge in [-0.15, -0.1) is 0 Å². The van der Waals surface area contributed by atoms with Crippen LogP contribution in [0, 0.1) is 16.7 Å². The SMILES string of the molecule is CC(C)C(NC(=O)OC(C)(C)C)C1(CN)CC1(C)C. The van der Waals surface area contributed by atoms with Gasteiger partial charge in [0.25, 0.3) is 0 Å². The number of rotatable bonds is 4. The lowest BCUT2D eigenvalue weighted by Crippen LogP contribution is -2.50. The van der Waals surface area contributed by atoms with E-state index < -0.39 is 5.60 Å². The Morgan fingerprint density at radius 2 is 1.84 bits per heavy atom. The van der Waals surface area contributed by atoms with Crippen molar-refractivity contribution in [2.45, 2.75) is 66.5 Å². The Hall–Kier alpha value is -0.770. The molecule has 2 unspecified atom stereocenters. The summed E-state index contributed by atoms with van der Waals surface area (Å²) in [6.07, 6.45) is 0.705. The van der Waals surface area contributed by atoms with Crippen molar-refractivity contribution in [3.8, 4) is 0 Å². The average molecular weight is 270 g/mol. The number of hydrogen-bond donors (Lipinski definition) is 2. The molecule has 0 heterocycles. The summed E-state index contributed by atoms with van der Waals surface area (Å²) in [7, 11) is 0. The number of nitrogens with one attached hydrogen (secondary N) is 1. The molecule has 1 amide bonds. The van der Waals surface area contributed by atoms with Gasteiger partial charge in [0.05, 0.1) is 0 Å². The van der Waals surface area contributed by atoms with Crippen molar-refractivity contribution in [1.29, 1.82) is 0 Å². The number of carbonyl (C=O) groups is 1. The third-order valence-corrected chi connectivity index (χ3v) is 4.28. The van der Waals surface area contributed by atoms with E-state index in [0.717, 1.165) is 6.42 Å². The Morgan fingerprint density at radius 1 is 1.37 bits per heavy atom. The molecule has 1 aliphatic rings. The van der Waals surface area contributed by atoms with Gasteiger partial charge in [-0.05, 0) is 38.5 Å². The molecule has 0 aromatic rings. The maximum Gasteiger partial charge on any atom is 0.407 e. The highest BCUT2D eigenvalue weighted by Gasteiger charge is 2.65. The Kier molecular flexibility index (Phi) is 4.26. The Labute approximate surface area is 117 Å². The van der Waals surface area contributed by atoms with Gasteiger partial charge in [0.1, 0.15) is 5.60 Å². The predicted molar refractivity (Wildman–Crippen MR) is 77.9 cm³/mol. The van der Waals surface area contributed by atoms with Crippen molar-refractivity contribution in [3.63, 3.8) is 0 Å². The minimum absolute atomic E-state index is 0.00191. The lowest BCUT2D eigenvalue weighted by Gasteiger charge is -2.34. The average Bonchev–Trinajstić information content (AvgIpc) is 2.75. The summed E-state index contributed by atoms with van der Waals surface area (Å²) in [4.78, 5) is 12.0. The minimum Gasteiger partial charge on any atom is -0.444 e. The second kappa shape index (κ2) is 4.97. The van der Waals surface area contributed by atoms with Crippen molar-refractivity contribution in [2.75, 3.05) is 6.54 Å². The molecule has 1 aliphatic carbocycles. The van der Waals surface area contributed by atoms with Crippen molar-refractivity contribution in [2.24, 2.45) is 22.5 Å². The summed E-state index contributed by atoms with van der Waals surface area (Å²) < 4.78 is 5.36. The van der Waals surface area contributed by atoms with Gasteiger partial charge in [-0.25, -0.2) is 4.79 Å². The lowest BCUT2D eigenvalue weighted by atomic mass is 9.82. The van der Waals surface area contributed by atoms with Gasteiger partial charge in [-0.1, -0.05) is 27.7 Å². The van der Waals surface area contributed by atoms with Gasteiger partial charge in [0, 0.05) is 18.0 Å². The summed E-state index contributed by atoms with van der Waals surface area (Å²) >= 11 is 0. The molecule has 1 saturated carbocycles. The highest BCUT2D eigenvalue weighted by Crippen LogP contribution is 2.65. The van der Waals surface area contributed by atoms with Gasteiger partial charge >= 0.3 is 6.09 Å². The summed E-state index contributed by atoms with van der Waals surface area (Å²) in [6.45, 7) is 14.9. The molecule has 1 fully saturated rings. The van der Waals surface area contributed by atoms with Crippen LogP contribution in [-0.2, 0) is 4.74 Å². The maximum absolute atomic E-state index is 12.0. The Bertz CT molecular complexity index is 345. The van der Waals surface area contributed by atoms with Gasteiger partial charge in [-0.2, -0.15) is 0 Å². The molecule has 112 valence electrons. The molecule has 4 heteroatoms. The van der Waals surface area contributed by atoms with E-state index in [1.54, 1.807) is 0 Å². The standard InChI is InChI=1S/C15H30N2O2/c1-10(2)11(15(9-16)8-14(15,6)7)17-12(18)19-13(3,4)5/h10-11H,8-9,16H2,1-7H3,(H,17,18). The summed E-state index contributed by atoms with van der Waals surface area (Å²) in [6, 6.07) is 0.0577. The first-order chi connectivity index (χ1) is 8.45. The monoisotopic (exact) mass is 270 g/mol. The van der Waals surface area contributed by atoms with Crippen LogP contribution in [0.3, 0.4) is 0 Å². The number of amides is 1. The van der Waals surface area contributed by atoms with E-state index in [1.165, 1.54) is 0 Å². The van der Waals surface area contributed by atoms with Crippen LogP contribution >= 0.6 is 0 Å². The summed E-state index contributed by atoms with van der Waals surface area (Å²) in [5, 5.41) is 3.04. The van der Waals surface area contributed by atoms with E-state index in [-0.39, 0.29) is 23.0 Å². The zero-order valence-corrected chi connectivity index (χ0v) is 13.5. The number of carbonyl (C=O) groups excluding carboxylic acids is 1. The fourth-order valence-electron chi connectivity index (χ4n) is 3.13. The van der Waals surface area contributed by atoms with E-state index in [0.29, 0.717) is 12.5 Å². The van der Waals surface area contributed by atoms with Crippen LogP contribution in [0.2, 0.25) is 0 Å². The van der Waals surface area contributed by atoms with Crippen LogP contribution in [0.1, 0.15) is 54.9 Å². The highest BCUT2D eigenvalue weighted by molar-refractivity contribution is 5.68. The van der Waals surface area contributed by atoms with Crippen LogP contribution in [0.5, 0.6) is 0 Å². The van der Waals surface area contributed by atoms with E-state index >= 15 is 0 Å². The minimum atomic E-state index is -0.472. The first kappa shape index (κ1) is 16.3. The molecular formula is C15H30N2O2. The molecule has 2 atom stereocenters. The van der Waals surface area contributed by atoms with Crippen LogP contribution in [0.15, 0.2) is 0 Å². The molecule has 1 rings (SSSR count). The molecule has 0 bridgehead atoms. The van der Waals surface area contributed by atoms with Gasteiger partial charge in [0.15, 0.2) is 0 Å². The van der Waals surface area contributed by atoms with Crippen molar-refractivity contribution in [1.82, 2.24) is 5.32 Å². The van der Waals surface area contributed by atoms with Gasteiger partial charge < -0.3 is 15.8 Å². The normalized spacial score (nSPS) is 27.0. The number of nitrogens with two attached hydrogens (primary N) is 1. The molecule has 19 heavy (non-hydrogen) atoms. The number of hydrogen-bond acceptors (Lipinski definition) is 3. The molecule has 4 nitrogen and oxygen atoms in total. The topological polar surface area (TPSA) is 64.3 Å². The van der Waals surface area contributed by atoms with E-state index in [2.05, 4.69) is 33.0 Å². The van der Waals surface area contributed by atoms with Crippen LogP contribution in [-0.4, -0.2) is 24.3 Å². The molecule has 0 spiro atoms. The van der Waals surface area contributed by atoms with E-state index in [9.17, 15) is 4.79 Å². The lowest BCUT2D eigenvalue weighted by molar-refractivity contribution is 0.0446. The molecule has 0 aromatic carbocycles. The Balaban J connectivity index is 2.79. The second-order valence-electron chi connectivity index (χ2n) is 7.79. The van der Waals surface area contributed by atoms with Crippen molar-refractivity contribution < 1.29 is 9.53 Å². The van der Waals surface area contributed by atoms with Crippen LogP contribution in [0.25, 0.3) is 0 Å². The van der Waals surface area contributed by atoms with E-state index in [1.807, 2.05) is 20.8 Å². The zero-order chi connectivity index (χ0) is 15.1. The molecule has 3 N–H and O–H groups in total. The quantitative estimate of drug-likeness (QED) is 0.825. The second-order valence-corrected chi connectivity index (χ2v) is 7.79. The smallest absolute Gasteiger partial charge is 0.407 e. The number of ether oxygens (including phenoxy) is 1. The molecule has 0 aliphatic heterocycles. The first-order valence-corrected chi connectivity index (χ1v) is 7.15. The summed E-state index contributed by atoms with van der Waals surface area (Å²) in [5.41, 5.74) is 5.71. The Morgan fingerprint density at radius 3 is 2.11 bits per heavy atom. The maximum atomic E-state index is 12.0. The van der Waals surface area contributed by atoms with Gasteiger partial charge in [-0.3, -0.25) is 0 Å². The van der Waals surface area contributed by atoms with Gasteiger partial charge in [0.2, 0.25) is 0 Å². The van der Waals surface area contributed by atoms with Crippen LogP contribution in [0.4, 0.5) is 4.79 Å². The molecular weight excluding hydrogens is 240 g/mol. The first-order valence-electron chi connectivity index (χ1n) is 7.15. The van der Waals surface area contributed by atoms with Crippen molar-refractivity contribution in [3.05, 3.63) is 0 Å². The van der Waals surface area contributed by atoms with Crippen molar-refractivity contribution >= 4 is 6.09 Å². The summed E-state index contributed by atoms with van der Waals surface area (Å²) in [5.74, 6) is 0.331. The highest BCUT2D eigenvalue weighted by atomic mass is 16.6. The molecule has 0 saturated heterocycles. The molecule has 0 aromatic heterocycles. The largest absolute Gasteiger partial charge is 0.444 e. The zero-order valence-electron chi connectivity index (χ0n) is 13.5. The fraction of sp³-hybridized carbons (Fsp3) is 0.933.